The zero-order valence-corrected chi connectivity index (χ0v) is 13.5. The molecule has 0 spiro atoms. The molecule has 1 heterocycles. The molecule has 1 aromatic carbocycles. The van der Waals surface area contributed by atoms with Gasteiger partial charge < -0.3 is 14.8 Å². The molecule has 114 valence electrons. The van der Waals surface area contributed by atoms with Crippen molar-refractivity contribution in [3.05, 3.63) is 40.2 Å². The lowest BCUT2D eigenvalue weighted by atomic mass is 10.2. The van der Waals surface area contributed by atoms with Gasteiger partial charge in [-0.05, 0) is 20.0 Å². The van der Waals surface area contributed by atoms with Crippen LogP contribution < -0.4 is 14.8 Å². The van der Waals surface area contributed by atoms with Gasteiger partial charge in [0.1, 0.15) is 18.1 Å². The molecule has 2 rings (SSSR count). The first kappa shape index (κ1) is 15.7. The molecule has 1 aromatic heterocycles. The van der Waals surface area contributed by atoms with Gasteiger partial charge in [0, 0.05) is 25.2 Å². The zero-order chi connectivity index (χ0) is 15.4. The maximum absolute atomic E-state index is 6.24. The second-order valence-corrected chi connectivity index (χ2v) is 5.14. The summed E-state index contributed by atoms with van der Waals surface area (Å²) in [4.78, 5) is 0. The minimum atomic E-state index is 0.361. The Labute approximate surface area is 129 Å². The van der Waals surface area contributed by atoms with Crippen molar-refractivity contribution in [2.24, 2.45) is 7.05 Å². The van der Waals surface area contributed by atoms with E-state index in [0.717, 1.165) is 35.0 Å². The third-order valence-corrected chi connectivity index (χ3v) is 3.76. The lowest BCUT2D eigenvalue weighted by Gasteiger charge is -2.13. The molecule has 6 heteroatoms. The Balaban J connectivity index is 2.21. The van der Waals surface area contributed by atoms with Crippen LogP contribution in [0.3, 0.4) is 0 Å². The van der Waals surface area contributed by atoms with E-state index in [9.17, 15) is 0 Å². The average molecular weight is 310 g/mol. The normalized spacial score (nSPS) is 10.7. The second kappa shape index (κ2) is 6.83. The number of hydrogen-bond donors (Lipinski definition) is 1. The monoisotopic (exact) mass is 309 g/mol. The predicted molar refractivity (Wildman–Crippen MR) is 83.0 cm³/mol. The van der Waals surface area contributed by atoms with Crippen molar-refractivity contribution in [2.45, 2.75) is 20.1 Å². The van der Waals surface area contributed by atoms with Gasteiger partial charge in [0.2, 0.25) is 0 Å². The highest BCUT2D eigenvalue weighted by atomic mass is 35.5. The number of ether oxygens (including phenoxy) is 2. The van der Waals surface area contributed by atoms with Crippen LogP contribution in [0, 0.1) is 6.92 Å². The number of benzene rings is 1. The summed E-state index contributed by atoms with van der Waals surface area (Å²) in [6.07, 6.45) is 0. The third kappa shape index (κ3) is 3.49. The Hall–Kier alpha value is -1.72. The van der Waals surface area contributed by atoms with Gasteiger partial charge in [0.25, 0.3) is 0 Å². The lowest BCUT2D eigenvalue weighted by molar-refractivity contribution is 0.289. The maximum atomic E-state index is 6.24. The first-order chi connectivity index (χ1) is 10.1. The molecule has 0 aliphatic heterocycles. The first-order valence-electron chi connectivity index (χ1n) is 6.69. The maximum Gasteiger partial charge on any atom is 0.131 e. The van der Waals surface area contributed by atoms with Gasteiger partial charge in [-0.3, -0.25) is 4.68 Å². The summed E-state index contributed by atoms with van der Waals surface area (Å²) in [5.74, 6) is 1.54. The van der Waals surface area contributed by atoms with Crippen molar-refractivity contribution >= 4 is 11.6 Å². The summed E-state index contributed by atoms with van der Waals surface area (Å²) in [6.45, 7) is 2.96. The quantitative estimate of drug-likeness (QED) is 0.891. The van der Waals surface area contributed by atoms with Gasteiger partial charge >= 0.3 is 0 Å². The molecular weight excluding hydrogens is 290 g/mol. The van der Waals surface area contributed by atoms with E-state index >= 15 is 0 Å². The van der Waals surface area contributed by atoms with Crippen molar-refractivity contribution < 1.29 is 9.47 Å². The van der Waals surface area contributed by atoms with E-state index in [2.05, 4.69) is 10.4 Å². The summed E-state index contributed by atoms with van der Waals surface area (Å²) < 4.78 is 12.9. The average Bonchev–Trinajstić information content (AvgIpc) is 2.71. The molecule has 0 amide bonds. The van der Waals surface area contributed by atoms with Crippen LogP contribution in [0.1, 0.15) is 17.0 Å². The molecule has 0 atom stereocenters. The molecule has 0 saturated carbocycles. The number of halogens is 1. The van der Waals surface area contributed by atoms with Gasteiger partial charge in [-0.2, -0.15) is 5.10 Å². The first-order valence-corrected chi connectivity index (χ1v) is 7.07. The van der Waals surface area contributed by atoms with Gasteiger partial charge in [0.15, 0.2) is 0 Å². The SMILES string of the molecule is CNCc1ccc(OC)cc1OCc1c(Cl)c(C)nn1C. The highest BCUT2D eigenvalue weighted by Gasteiger charge is 2.13. The fraction of sp³-hybridized carbons (Fsp3) is 0.400. The van der Waals surface area contributed by atoms with Crippen LogP contribution in [0.4, 0.5) is 0 Å². The van der Waals surface area contributed by atoms with E-state index in [1.807, 2.05) is 39.2 Å². The van der Waals surface area contributed by atoms with E-state index in [1.54, 1.807) is 11.8 Å². The molecule has 0 saturated heterocycles. The largest absolute Gasteiger partial charge is 0.497 e. The Morgan fingerprint density at radius 2 is 2.14 bits per heavy atom. The number of aryl methyl sites for hydroxylation is 2. The molecule has 0 unspecified atom stereocenters. The van der Waals surface area contributed by atoms with Crippen LogP contribution in [0.5, 0.6) is 11.5 Å². The number of methoxy groups -OCH3 is 1. The smallest absolute Gasteiger partial charge is 0.131 e. The van der Waals surface area contributed by atoms with Crippen molar-refractivity contribution in [1.29, 1.82) is 0 Å². The molecule has 21 heavy (non-hydrogen) atoms. The van der Waals surface area contributed by atoms with E-state index < -0.39 is 0 Å². The lowest BCUT2D eigenvalue weighted by Crippen LogP contribution is -2.09. The van der Waals surface area contributed by atoms with E-state index in [4.69, 9.17) is 21.1 Å². The van der Waals surface area contributed by atoms with Gasteiger partial charge in [-0.1, -0.05) is 17.7 Å². The molecule has 0 bridgehead atoms. The summed E-state index contributed by atoms with van der Waals surface area (Å²) in [6, 6.07) is 5.78. The molecule has 0 radical (unpaired) electrons. The number of hydrogen-bond acceptors (Lipinski definition) is 4. The van der Waals surface area contributed by atoms with E-state index in [-0.39, 0.29) is 0 Å². The molecular formula is C15H20ClN3O2. The van der Waals surface area contributed by atoms with E-state index in [1.165, 1.54) is 0 Å². The van der Waals surface area contributed by atoms with E-state index in [0.29, 0.717) is 11.6 Å². The third-order valence-electron chi connectivity index (χ3n) is 3.27. The summed E-state index contributed by atoms with van der Waals surface area (Å²) in [5, 5.41) is 8.05. The van der Waals surface area contributed by atoms with Gasteiger partial charge in [-0.25, -0.2) is 0 Å². The highest BCUT2D eigenvalue weighted by Crippen LogP contribution is 2.27. The highest BCUT2D eigenvalue weighted by molar-refractivity contribution is 6.31. The minimum absolute atomic E-state index is 0.361. The molecule has 5 nitrogen and oxygen atoms in total. The summed E-state index contributed by atoms with van der Waals surface area (Å²) in [7, 11) is 5.39. The fourth-order valence-corrected chi connectivity index (χ4v) is 2.33. The van der Waals surface area contributed by atoms with Gasteiger partial charge in [0.05, 0.1) is 23.5 Å². The molecule has 0 fully saturated rings. The summed E-state index contributed by atoms with van der Waals surface area (Å²) in [5.41, 5.74) is 2.72. The Bertz CT molecular complexity index is 626. The Morgan fingerprint density at radius 1 is 1.38 bits per heavy atom. The number of nitrogens with one attached hydrogen (secondary N) is 1. The fourth-order valence-electron chi connectivity index (χ4n) is 2.12. The van der Waals surface area contributed by atoms with Crippen LogP contribution in [0.2, 0.25) is 5.02 Å². The predicted octanol–water partition coefficient (Wildman–Crippen LogP) is 2.69. The van der Waals surface area contributed by atoms with Crippen LogP contribution in [0.15, 0.2) is 18.2 Å². The van der Waals surface area contributed by atoms with Crippen LogP contribution in [0.25, 0.3) is 0 Å². The molecule has 0 aliphatic rings. The zero-order valence-electron chi connectivity index (χ0n) is 12.7. The number of rotatable bonds is 6. The van der Waals surface area contributed by atoms with Crippen molar-refractivity contribution in [2.75, 3.05) is 14.2 Å². The second-order valence-electron chi connectivity index (χ2n) is 4.76. The van der Waals surface area contributed by atoms with Crippen molar-refractivity contribution in [3.63, 3.8) is 0 Å². The van der Waals surface area contributed by atoms with Crippen molar-refractivity contribution in [1.82, 2.24) is 15.1 Å². The van der Waals surface area contributed by atoms with Crippen LogP contribution in [-0.4, -0.2) is 23.9 Å². The summed E-state index contributed by atoms with van der Waals surface area (Å²) >= 11 is 6.24. The van der Waals surface area contributed by atoms with Crippen LogP contribution in [-0.2, 0) is 20.2 Å². The van der Waals surface area contributed by atoms with Crippen molar-refractivity contribution in [3.8, 4) is 11.5 Å². The van der Waals surface area contributed by atoms with Crippen LogP contribution >= 0.6 is 11.6 Å². The van der Waals surface area contributed by atoms with Gasteiger partial charge in [-0.15, -0.1) is 0 Å². The standard InChI is InChI=1S/C15H20ClN3O2/c1-10-15(16)13(19(3)18-10)9-21-14-7-12(20-4)6-5-11(14)8-17-2/h5-7,17H,8-9H2,1-4H3. The minimum Gasteiger partial charge on any atom is -0.497 e. The Kier molecular flexibility index (Phi) is 5.09. The Morgan fingerprint density at radius 3 is 2.71 bits per heavy atom. The number of nitrogens with zero attached hydrogens (tertiary/aromatic N) is 2. The molecule has 2 aromatic rings. The topological polar surface area (TPSA) is 48.3 Å². The molecule has 1 N–H and O–H groups in total. The number of aromatic nitrogens is 2. The molecule has 0 aliphatic carbocycles.